The molecule has 0 amide bonds. The number of fused-ring (bicyclic) bond motifs is 3. The van der Waals surface area contributed by atoms with Gasteiger partial charge in [-0.2, -0.15) is 0 Å². The highest BCUT2D eigenvalue weighted by Gasteiger charge is 2.13. The van der Waals surface area contributed by atoms with Crippen molar-refractivity contribution < 1.29 is 0 Å². The molecule has 0 aliphatic heterocycles. The smallest absolute Gasteiger partial charge is 0.0974 e. The molecule has 0 fully saturated rings. The molecular formula is C21H26N2. The van der Waals surface area contributed by atoms with Gasteiger partial charge in [0.2, 0.25) is 0 Å². The van der Waals surface area contributed by atoms with Crippen molar-refractivity contribution in [3.05, 3.63) is 60.4 Å². The summed E-state index contributed by atoms with van der Waals surface area (Å²) in [6.07, 6.45) is 7.14. The lowest BCUT2D eigenvalue weighted by Crippen LogP contribution is -1.94. The largest absolute Gasteiger partial charge is 0.252 e. The summed E-state index contributed by atoms with van der Waals surface area (Å²) in [5.74, 6) is 0. The number of nitrogens with zero attached hydrogens (tertiary/aromatic N) is 2. The highest BCUT2D eigenvalue weighted by atomic mass is 14.8. The summed E-state index contributed by atoms with van der Waals surface area (Å²) in [6.45, 7) is 17.9. The maximum atomic E-state index is 4.51. The monoisotopic (exact) mass is 306 g/mol. The molecule has 0 radical (unpaired) electrons. The first-order valence-electron chi connectivity index (χ1n) is 8.18. The number of aromatic nitrogens is 2. The molecule has 1 aromatic heterocycles. The van der Waals surface area contributed by atoms with E-state index in [-0.39, 0.29) is 0 Å². The first-order valence-corrected chi connectivity index (χ1v) is 8.18. The van der Waals surface area contributed by atoms with E-state index in [1.165, 1.54) is 5.56 Å². The Morgan fingerprint density at radius 2 is 1.39 bits per heavy atom. The molecule has 0 atom stereocenters. The van der Waals surface area contributed by atoms with Crippen molar-refractivity contribution in [3.8, 4) is 0 Å². The van der Waals surface area contributed by atoms with Crippen LogP contribution in [0.1, 0.15) is 44.4 Å². The summed E-state index contributed by atoms with van der Waals surface area (Å²) in [6, 6.07) is 6.25. The van der Waals surface area contributed by atoms with Crippen molar-refractivity contribution in [1.29, 1.82) is 0 Å². The minimum atomic E-state index is 0.884. The van der Waals surface area contributed by atoms with Gasteiger partial charge in [0.15, 0.2) is 0 Å². The lowest BCUT2D eigenvalue weighted by molar-refractivity contribution is 1.30. The van der Waals surface area contributed by atoms with E-state index in [0.717, 1.165) is 32.9 Å². The molecule has 0 bridgehead atoms. The zero-order chi connectivity index (χ0) is 17.4. The Morgan fingerprint density at radius 3 is 1.96 bits per heavy atom. The molecule has 3 rings (SSSR count). The standard InChI is InChI=1S/C17H14N2.2C2H6/c1-4-12-13(5-2)16-17(19-10-9-18-16)15-11(3)7-6-8-14(12)15;2*1-2/h4-10H,1-2H2,3H3;2*1-2H3. The summed E-state index contributed by atoms with van der Waals surface area (Å²) in [5.41, 5.74) is 5.07. The van der Waals surface area contributed by atoms with Gasteiger partial charge in [0.1, 0.15) is 0 Å². The fourth-order valence-electron chi connectivity index (χ4n) is 2.62. The van der Waals surface area contributed by atoms with Crippen LogP contribution in [0.4, 0.5) is 0 Å². The molecule has 0 N–H and O–H groups in total. The second kappa shape index (κ2) is 8.84. The molecule has 2 nitrogen and oxygen atoms in total. The zero-order valence-electron chi connectivity index (χ0n) is 14.9. The third-order valence-electron chi connectivity index (χ3n) is 3.45. The summed E-state index contributed by atoms with van der Waals surface area (Å²) in [5, 5.41) is 2.30. The van der Waals surface area contributed by atoms with Crippen molar-refractivity contribution in [2.75, 3.05) is 0 Å². The molecule has 0 aliphatic rings. The first-order chi connectivity index (χ1) is 11.3. The van der Waals surface area contributed by atoms with E-state index in [1.54, 1.807) is 12.4 Å². The van der Waals surface area contributed by atoms with Gasteiger partial charge in [-0.3, -0.25) is 9.97 Å². The molecule has 1 heterocycles. The topological polar surface area (TPSA) is 25.8 Å². The first kappa shape index (κ1) is 18.6. The van der Waals surface area contributed by atoms with E-state index in [1.807, 2.05) is 39.8 Å². The Bertz CT molecular complexity index is 817. The Hall–Kier alpha value is -2.48. The summed E-state index contributed by atoms with van der Waals surface area (Å²) in [7, 11) is 0. The fraction of sp³-hybridized carbons (Fsp3) is 0.238. The number of aryl methyl sites for hydroxylation is 1. The van der Waals surface area contributed by atoms with Gasteiger partial charge >= 0.3 is 0 Å². The minimum absolute atomic E-state index is 0.884. The van der Waals surface area contributed by atoms with Crippen LogP contribution in [-0.4, -0.2) is 9.97 Å². The van der Waals surface area contributed by atoms with Gasteiger partial charge in [-0.15, -0.1) is 0 Å². The second-order valence-electron chi connectivity index (χ2n) is 4.49. The van der Waals surface area contributed by atoms with E-state index in [4.69, 9.17) is 0 Å². The molecule has 0 saturated heterocycles. The van der Waals surface area contributed by atoms with Crippen LogP contribution in [0.3, 0.4) is 0 Å². The Morgan fingerprint density at radius 1 is 0.826 bits per heavy atom. The van der Waals surface area contributed by atoms with Gasteiger partial charge in [0, 0.05) is 23.3 Å². The zero-order valence-corrected chi connectivity index (χ0v) is 14.9. The van der Waals surface area contributed by atoms with Gasteiger partial charge in [-0.25, -0.2) is 0 Å². The van der Waals surface area contributed by atoms with Crippen LogP contribution >= 0.6 is 0 Å². The lowest BCUT2D eigenvalue weighted by Gasteiger charge is -2.12. The average Bonchev–Trinajstić information content (AvgIpc) is 2.63. The number of rotatable bonds is 2. The van der Waals surface area contributed by atoms with Crippen LogP contribution < -0.4 is 0 Å². The summed E-state index contributed by atoms with van der Waals surface area (Å²) in [4.78, 5) is 8.98. The molecule has 0 aliphatic carbocycles. The van der Waals surface area contributed by atoms with E-state index in [9.17, 15) is 0 Å². The van der Waals surface area contributed by atoms with Crippen LogP contribution in [0.2, 0.25) is 0 Å². The number of hydrogen-bond acceptors (Lipinski definition) is 2. The quantitative estimate of drug-likeness (QED) is 0.510. The number of hydrogen-bond donors (Lipinski definition) is 0. The molecule has 120 valence electrons. The highest BCUT2D eigenvalue weighted by molar-refractivity contribution is 6.12. The van der Waals surface area contributed by atoms with Crippen LogP contribution in [0.25, 0.3) is 34.0 Å². The Labute approximate surface area is 139 Å². The van der Waals surface area contributed by atoms with E-state index in [0.29, 0.717) is 0 Å². The average molecular weight is 306 g/mol. The molecule has 0 saturated carbocycles. The van der Waals surface area contributed by atoms with Gasteiger partial charge in [0.05, 0.1) is 11.0 Å². The molecule has 2 heteroatoms. The van der Waals surface area contributed by atoms with Gasteiger partial charge < -0.3 is 0 Å². The SMILES string of the molecule is C=Cc1c(C=C)c2nccnc2c2c(C)cccc12.CC.CC. The van der Waals surface area contributed by atoms with Crippen molar-refractivity contribution in [2.45, 2.75) is 34.6 Å². The Balaban J connectivity index is 0.000000615. The van der Waals surface area contributed by atoms with Gasteiger partial charge in [-0.05, 0) is 23.4 Å². The van der Waals surface area contributed by atoms with Crippen molar-refractivity contribution >= 4 is 34.0 Å². The van der Waals surface area contributed by atoms with E-state index < -0.39 is 0 Å². The molecule has 0 unspecified atom stereocenters. The maximum absolute atomic E-state index is 4.51. The van der Waals surface area contributed by atoms with Crippen LogP contribution in [0.15, 0.2) is 43.8 Å². The minimum Gasteiger partial charge on any atom is -0.252 e. The second-order valence-corrected chi connectivity index (χ2v) is 4.49. The van der Waals surface area contributed by atoms with Crippen molar-refractivity contribution in [2.24, 2.45) is 0 Å². The fourth-order valence-corrected chi connectivity index (χ4v) is 2.62. The molecule has 23 heavy (non-hydrogen) atoms. The van der Waals surface area contributed by atoms with E-state index in [2.05, 4.69) is 48.2 Å². The van der Waals surface area contributed by atoms with Gasteiger partial charge in [-0.1, -0.05) is 71.2 Å². The Kier molecular flexibility index (Phi) is 7.14. The molecule has 0 spiro atoms. The van der Waals surface area contributed by atoms with Crippen molar-refractivity contribution in [3.63, 3.8) is 0 Å². The molecule has 3 aromatic rings. The summed E-state index contributed by atoms with van der Waals surface area (Å²) < 4.78 is 0. The number of benzene rings is 2. The molecular weight excluding hydrogens is 280 g/mol. The van der Waals surface area contributed by atoms with Crippen LogP contribution in [-0.2, 0) is 0 Å². The lowest BCUT2D eigenvalue weighted by atomic mass is 9.94. The maximum Gasteiger partial charge on any atom is 0.0974 e. The molecule has 2 aromatic carbocycles. The highest BCUT2D eigenvalue weighted by Crippen LogP contribution is 2.33. The third-order valence-corrected chi connectivity index (χ3v) is 3.45. The van der Waals surface area contributed by atoms with Crippen LogP contribution in [0.5, 0.6) is 0 Å². The predicted octanol–water partition coefficient (Wildman–Crippen LogP) is 6.43. The van der Waals surface area contributed by atoms with Crippen LogP contribution in [0, 0.1) is 6.92 Å². The summed E-state index contributed by atoms with van der Waals surface area (Å²) >= 11 is 0. The normalized spacial score (nSPS) is 9.43. The third kappa shape index (κ3) is 3.31. The van der Waals surface area contributed by atoms with E-state index >= 15 is 0 Å². The van der Waals surface area contributed by atoms with Gasteiger partial charge in [0.25, 0.3) is 0 Å². The predicted molar refractivity (Wildman–Crippen MR) is 105 cm³/mol. The van der Waals surface area contributed by atoms with Crippen molar-refractivity contribution in [1.82, 2.24) is 9.97 Å².